The molecule has 0 radical (unpaired) electrons. The minimum Gasteiger partial charge on any atom is -0.756 e. The second kappa shape index (κ2) is 15.6. The SMILES string of the molecule is CCCCCCCCCC(=O)O.O=P([O-])(O)O.[Na+]. The second-order valence-corrected chi connectivity index (χ2v) is 4.74. The number of rotatable bonds is 8. The van der Waals surface area contributed by atoms with Gasteiger partial charge >= 0.3 is 35.5 Å². The van der Waals surface area contributed by atoms with Gasteiger partial charge < -0.3 is 19.8 Å². The molecule has 0 saturated heterocycles. The Morgan fingerprint density at radius 2 is 1.39 bits per heavy atom. The predicted molar refractivity (Wildman–Crippen MR) is 62.3 cm³/mol. The summed E-state index contributed by atoms with van der Waals surface area (Å²) in [6, 6.07) is 0. The van der Waals surface area contributed by atoms with Crippen LogP contribution in [0.4, 0.5) is 0 Å². The Bertz CT molecular complexity index is 222. The number of hydrogen-bond acceptors (Lipinski definition) is 3. The molecule has 0 bridgehead atoms. The van der Waals surface area contributed by atoms with Crippen molar-refractivity contribution in [2.45, 2.75) is 58.3 Å². The molecule has 0 aromatic carbocycles. The van der Waals surface area contributed by atoms with Gasteiger partial charge in [-0.3, -0.25) is 9.36 Å². The van der Waals surface area contributed by atoms with E-state index in [4.69, 9.17) is 24.4 Å². The molecule has 0 atom stereocenters. The van der Waals surface area contributed by atoms with Gasteiger partial charge in [0.25, 0.3) is 7.82 Å². The summed E-state index contributed by atoms with van der Waals surface area (Å²) in [5.74, 6) is -0.663. The summed E-state index contributed by atoms with van der Waals surface area (Å²) in [4.78, 5) is 33.1. The van der Waals surface area contributed by atoms with E-state index in [1.54, 1.807) is 0 Å². The fraction of sp³-hybridized carbons (Fsp3) is 0.900. The number of carbonyl (C=O) groups is 1. The standard InChI is InChI=1S/C10H20O2.Na.H3O4P/c1-2-3-4-5-6-7-8-9-10(11)12;;1-5(2,3)4/h2-9H2,1H3,(H,11,12);;(H3,1,2,3,4)/q;+1;/p-1. The van der Waals surface area contributed by atoms with Crippen molar-refractivity contribution in [3.05, 3.63) is 0 Å². The Kier molecular flexibility index (Phi) is 20.6. The van der Waals surface area contributed by atoms with E-state index in [2.05, 4.69) is 6.92 Å². The van der Waals surface area contributed by atoms with Gasteiger partial charge in [-0.1, -0.05) is 45.4 Å². The van der Waals surface area contributed by atoms with E-state index < -0.39 is 13.8 Å². The zero-order valence-electron chi connectivity index (χ0n) is 11.2. The van der Waals surface area contributed by atoms with Crippen LogP contribution >= 0.6 is 7.82 Å². The zero-order valence-corrected chi connectivity index (χ0v) is 14.1. The zero-order chi connectivity index (χ0) is 13.7. The summed E-state index contributed by atoms with van der Waals surface area (Å²) >= 11 is 0. The molecule has 3 N–H and O–H groups in total. The van der Waals surface area contributed by atoms with Crippen molar-refractivity contribution >= 4 is 13.8 Å². The molecule has 0 aliphatic heterocycles. The Morgan fingerprint density at radius 3 is 1.72 bits per heavy atom. The molecule has 0 aromatic heterocycles. The van der Waals surface area contributed by atoms with E-state index in [1.165, 1.54) is 32.1 Å². The Balaban J connectivity index is -0.000000321. The van der Waals surface area contributed by atoms with Gasteiger partial charge in [-0.15, -0.1) is 0 Å². The van der Waals surface area contributed by atoms with Gasteiger partial charge in [0, 0.05) is 6.42 Å². The average molecular weight is 292 g/mol. The van der Waals surface area contributed by atoms with E-state index in [9.17, 15) is 4.79 Å². The van der Waals surface area contributed by atoms with Crippen LogP contribution in [0.5, 0.6) is 0 Å². The van der Waals surface area contributed by atoms with E-state index in [-0.39, 0.29) is 29.6 Å². The van der Waals surface area contributed by atoms with Crippen LogP contribution in [-0.2, 0) is 9.36 Å². The van der Waals surface area contributed by atoms with Crippen molar-refractivity contribution in [2.24, 2.45) is 0 Å². The van der Waals surface area contributed by atoms with Crippen molar-refractivity contribution in [3.63, 3.8) is 0 Å². The van der Waals surface area contributed by atoms with Crippen LogP contribution < -0.4 is 34.5 Å². The summed E-state index contributed by atoms with van der Waals surface area (Å²) in [7, 11) is -4.89. The smallest absolute Gasteiger partial charge is 0.756 e. The van der Waals surface area contributed by atoms with Gasteiger partial charge in [-0.05, 0) is 6.42 Å². The van der Waals surface area contributed by atoms with Crippen molar-refractivity contribution < 1.29 is 58.7 Å². The number of aliphatic carboxylic acids is 1. The molecule has 0 saturated carbocycles. The molecule has 6 nitrogen and oxygen atoms in total. The molecule has 0 unspecified atom stereocenters. The number of carboxylic acid groups (broad SMARTS) is 1. The van der Waals surface area contributed by atoms with E-state index >= 15 is 0 Å². The second-order valence-electron chi connectivity index (χ2n) is 3.76. The first kappa shape index (κ1) is 23.7. The number of carboxylic acids is 1. The largest absolute Gasteiger partial charge is 1.00 e. The maximum Gasteiger partial charge on any atom is 1.00 e. The van der Waals surface area contributed by atoms with Crippen LogP contribution in [0.2, 0.25) is 0 Å². The maximum absolute atomic E-state index is 10.1. The molecular formula is C10H22NaO6P. The predicted octanol–water partition coefficient (Wildman–Crippen LogP) is -1.34. The Hall–Kier alpha value is 0.580. The van der Waals surface area contributed by atoms with Gasteiger partial charge in [-0.25, -0.2) is 0 Å². The van der Waals surface area contributed by atoms with E-state index in [0.29, 0.717) is 6.42 Å². The third-order valence-corrected chi connectivity index (χ3v) is 1.99. The van der Waals surface area contributed by atoms with Crippen LogP contribution in [0.1, 0.15) is 58.3 Å². The van der Waals surface area contributed by atoms with E-state index in [1.807, 2.05) is 0 Å². The number of hydrogen-bond donors (Lipinski definition) is 3. The minimum atomic E-state index is -4.89. The molecule has 0 rings (SSSR count). The average Bonchev–Trinajstić information content (AvgIpc) is 2.13. The van der Waals surface area contributed by atoms with E-state index in [0.717, 1.165) is 12.8 Å². The summed E-state index contributed by atoms with van der Waals surface area (Å²) in [6.45, 7) is 2.20. The molecule has 18 heavy (non-hydrogen) atoms. The Labute approximate surface area is 130 Å². The first-order valence-corrected chi connectivity index (χ1v) is 7.28. The molecule has 0 fully saturated rings. The summed E-state index contributed by atoms with van der Waals surface area (Å²) in [5.41, 5.74) is 0. The van der Waals surface area contributed by atoms with Crippen LogP contribution in [0.25, 0.3) is 0 Å². The molecule has 0 aliphatic carbocycles. The summed E-state index contributed by atoms with van der Waals surface area (Å²) in [6.07, 6.45) is 8.64. The van der Waals surface area contributed by atoms with Crippen LogP contribution in [0.3, 0.4) is 0 Å². The molecule has 0 aromatic rings. The van der Waals surface area contributed by atoms with Gasteiger partial charge in [0.15, 0.2) is 0 Å². The van der Waals surface area contributed by atoms with Crippen molar-refractivity contribution in [3.8, 4) is 0 Å². The first-order valence-electron chi connectivity index (χ1n) is 5.75. The molecule has 104 valence electrons. The molecule has 0 spiro atoms. The fourth-order valence-electron chi connectivity index (χ4n) is 1.23. The quantitative estimate of drug-likeness (QED) is 0.289. The first-order chi connectivity index (χ1) is 7.77. The van der Waals surface area contributed by atoms with Crippen molar-refractivity contribution in [1.82, 2.24) is 0 Å². The number of unbranched alkanes of at least 4 members (excludes halogenated alkanes) is 6. The van der Waals surface area contributed by atoms with Crippen molar-refractivity contribution in [2.75, 3.05) is 0 Å². The van der Waals surface area contributed by atoms with Gasteiger partial charge in [0.2, 0.25) is 0 Å². The molecule has 0 heterocycles. The molecule has 0 amide bonds. The van der Waals surface area contributed by atoms with Gasteiger partial charge in [-0.2, -0.15) is 0 Å². The fourth-order valence-corrected chi connectivity index (χ4v) is 1.23. The van der Waals surface area contributed by atoms with Gasteiger partial charge in [0.05, 0.1) is 0 Å². The van der Waals surface area contributed by atoms with Crippen LogP contribution in [-0.4, -0.2) is 20.9 Å². The van der Waals surface area contributed by atoms with Crippen LogP contribution in [0.15, 0.2) is 0 Å². The monoisotopic (exact) mass is 292 g/mol. The minimum absolute atomic E-state index is 0. The molecule has 8 heteroatoms. The third-order valence-electron chi connectivity index (χ3n) is 1.99. The normalized spacial score (nSPS) is 10.0. The van der Waals surface area contributed by atoms with Gasteiger partial charge in [0.1, 0.15) is 0 Å². The maximum atomic E-state index is 10.1. The summed E-state index contributed by atoms with van der Waals surface area (Å²) < 4.78 is 8.77. The Morgan fingerprint density at radius 1 is 1.06 bits per heavy atom. The summed E-state index contributed by atoms with van der Waals surface area (Å²) in [5, 5.41) is 8.35. The third kappa shape index (κ3) is 43.9. The van der Waals surface area contributed by atoms with Crippen molar-refractivity contribution in [1.29, 1.82) is 0 Å². The molecule has 0 aliphatic rings. The molecular weight excluding hydrogens is 270 g/mol. The number of phosphoric acid groups is 1. The van der Waals surface area contributed by atoms with Crippen LogP contribution in [0, 0.1) is 0 Å². The topological polar surface area (TPSA) is 118 Å².